The maximum atomic E-state index is 12.4. The molecule has 25 heavy (non-hydrogen) atoms. The summed E-state index contributed by atoms with van der Waals surface area (Å²) in [6, 6.07) is 7.02. The minimum atomic E-state index is -0.369. The van der Waals surface area contributed by atoms with E-state index in [1.165, 1.54) is 17.5 Å². The highest BCUT2D eigenvalue weighted by Gasteiger charge is 2.24. The number of carbonyl (C=O) groups excluding carboxylic acids is 2. The zero-order chi connectivity index (χ0) is 17.8. The molecule has 3 rings (SSSR count). The summed E-state index contributed by atoms with van der Waals surface area (Å²) < 4.78 is 5.57. The Morgan fingerprint density at radius 3 is 2.52 bits per heavy atom. The lowest BCUT2D eigenvalue weighted by atomic mass is 10.2. The molecule has 1 amide bonds. The summed E-state index contributed by atoms with van der Waals surface area (Å²) in [5.41, 5.74) is 0.439. The first kappa shape index (κ1) is 17.7. The second-order valence-corrected chi connectivity index (χ2v) is 7.22. The van der Waals surface area contributed by atoms with Crippen LogP contribution < -0.4 is 4.90 Å². The smallest absolute Gasteiger partial charge is 0.339 e. The fourth-order valence-electron chi connectivity index (χ4n) is 2.63. The van der Waals surface area contributed by atoms with E-state index in [4.69, 9.17) is 16.3 Å². The van der Waals surface area contributed by atoms with Crippen molar-refractivity contribution < 1.29 is 14.3 Å². The van der Waals surface area contributed by atoms with Crippen molar-refractivity contribution in [1.82, 2.24) is 9.88 Å². The summed E-state index contributed by atoms with van der Waals surface area (Å²) in [5, 5.41) is 0. The van der Waals surface area contributed by atoms with Gasteiger partial charge in [0.05, 0.1) is 21.4 Å². The Labute approximate surface area is 155 Å². The first-order valence-electron chi connectivity index (χ1n) is 8.01. The summed E-state index contributed by atoms with van der Waals surface area (Å²) in [4.78, 5) is 33.0. The number of carbonyl (C=O) groups is 2. The number of anilines is 1. The second kappa shape index (κ2) is 7.84. The van der Waals surface area contributed by atoms with Crippen molar-refractivity contribution in [3.63, 3.8) is 0 Å². The summed E-state index contributed by atoms with van der Waals surface area (Å²) in [6.07, 6.45) is 1.53. The number of hydrogen-bond donors (Lipinski definition) is 0. The van der Waals surface area contributed by atoms with Crippen LogP contribution >= 0.6 is 22.9 Å². The van der Waals surface area contributed by atoms with Crippen LogP contribution in [-0.2, 0) is 4.74 Å². The molecule has 3 heterocycles. The number of aromatic nitrogens is 1. The first-order valence-corrected chi connectivity index (χ1v) is 9.20. The summed E-state index contributed by atoms with van der Waals surface area (Å²) in [6.45, 7) is 4.73. The number of esters is 1. The van der Waals surface area contributed by atoms with Crippen LogP contribution in [0.4, 0.5) is 5.82 Å². The Hall–Kier alpha value is -2.12. The molecular weight excluding hydrogens is 362 g/mol. The molecule has 0 bridgehead atoms. The number of hydrogen-bond acceptors (Lipinski definition) is 6. The maximum absolute atomic E-state index is 12.4. The molecule has 1 aliphatic heterocycles. The van der Waals surface area contributed by atoms with Crippen LogP contribution in [0.2, 0.25) is 4.34 Å². The van der Waals surface area contributed by atoms with Crippen LogP contribution in [-0.4, -0.2) is 54.5 Å². The Morgan fingerprint density at radius 2 is 1.96 bits per heavy atom. The van der Waals surface area contributed by atoms with E-state index >= 15 is 0 Å². The average Bonchev–Trinajstić information content (AvgIpc) is 3.08. The number of ether oxygens (including phenoxy) is 1. The van der Waals surface area contributed by atoms with Crippen LogP contribution in [0.15, 0.2) is 30.5 Å². The van der Waals surface area contributed by atoms with Crippen molar-refractivity contribution >= 4 is 40.6 Å². The van der Waals surface area contributed by atoms with Gasteiger partial charge >= 0.3 is 5.97 Å². The summed E-state index contributed by atoms with van der Waals surface area (Å²) in [7, 11) is 0. The van der Waals surface area contributed by atoms with Crippen molar-refractivity contribution in [2.24, 2.45) is 0 Å². The monoisotopic (exact) mass is 379 g/mol. The van der Waals surface area contributed by atoms with E-state index in [1.54, 1.807) is 25.1 Å². The predicted octanol–water partition coefficient (Wildman–Crippen LogP) is 2.94. The molecule has 1 saturated heterocycles. The molecule has 6 nitrogen and oxygen atoms in total. The first-order chi connectivity index (χ1) is 12.1. The van der Waals surface area contributed by atoms with Gasteiger partial charge in [-0.05, 0) is 31.2 Å². The van der Waals surface area contributed by atoms with Gasteiger partial charge < -0.3 is 14.5 Å². The Bertz CT molecular complexity index is 755. The molecule has 0 saturated carbocycles. The lowest BCUT2D eigenvalue weighted by Crippen LogP contribution is -2.48. The molecule has 0 radical (unpaired) electrons. The van der Waals surface area contributed by atoms with Gasteiger partial charge in [0.1, 0.15) is 5.82 Å². The molecule has 0 N–H and O–H groups in total. The minimum absolute atomic E-state index is 0.0159. The molecule has 0 spiro atoms. The number of pyridine rings is 1. The lowest BCUT2D eigenvalue weighted by molar-refractivity contribution is 0.0525. The van der Waals surface area contributed by atoms with Gasteiger partial charge in [-0.25, -0.2) is 9.78 Å². The third-order valence-corrected chi connectivity index (χ3v) is 5.15. The van der Waals surface area contributed by atoms with Crippen molar-refractivity contribution in [1.29, 1.82) is 0 Å². The number of amides is 1. The van der Waals surface area contributed by atoms with Crippen LogP contribution in [0.25, 0.3) is 0 Å². The Kier molecular flexibility index (Phi) is 5.55. The summed E-state index contributed by atoms with van der Waals surface area (Å²) >= 11 is 7.20. The number of halogens is 1. The molecule has 0 unspecified atom stereocenters. The van der Waals surface area contributed by atoms with E-state index in [0.29, 0.717) is 47.6 Å². The van der Waals surface area contributed by atoms with Gasteiger partial charge in [-0.3, -0.25) is 4.79 Å². The van der Waals surface area contributed by atoms with Gasteiger partial charge in [0, 0.05) is 32.4 Å². The highest BCUT2D eigenvalue weighted by molar-refractivity contribution is 7.17. The third kappa shape index (κ3) is 4.11. The standard InChI is InChI=1S/C17H18ClN3O3S/c1-2-24-17(23)12-3-6-15(19-11-12)20-7-9-21(10-8-20)16(22)13-4-5-14(18)25-13/h3-6,11H,2,7-10H2,1H3. The van der Waals surface area contributed by atoms with Crippen molar-refractivity contribution in [3.8, 4) is 0 Å². The van der Waals surface area contributed by atoms with Crippen molar-refractivity contribution in [2.45, 2.75) is 6.92 Å². The van der Waals surface area contributed by atoms with Gasteiger partial charge in [0.2, 0.25) is 0 Å². The SMILES string of the molecule is CCOC(=O)c1ccc(N2CCN(C(=O)c3ccc(Cl)s3)CC2)nc1. The predicted molar refractivity (Wildman–Crippen MR) is 97.6 cm³/mol. The minimum Gasteiger partial charge on any atom is -0.462 e. The van der Waals surface area contributed by atoms with E-state index in [9.17, 15) is 9.59 Å². The zero-order valence-electron chi connectivity index (χ0n) is 13.8. The number of piperazine rings is 1. The second-order valence-electron chi connectivity index (χ2n) is 5.51. The van der Waals surface area contributed by atoms with Gasteiger partial charge in [-0.15, -0.1) is 11.3 Å². The molecule has 8 heteroatoms. The molecule has 1 aliphatic rings. The highest BCUT2D eigenvalue weighted by Crippen LogP contribution is 2.23. The lowest BCUT2D eigenvalue weighted by Gasteiger charge is -2.35. The third-order valence-electron chi connectivity index (χ3n) is 3.93. The molecule has 2 aromatic heterocycles. The van der Waals surface area contributed by atoms with Gasteiger partial charge in [0.25, 0.3) is 5.91 Å². The van der Waals surface area contributed by atoms with Crippen LogP contribution in [0.5, 0.6) is 0 Å². The Balaban J connectivity index is 1.58. The zero-order valence-corrected chi connectivity index (χ0v) is 15.3. The average molecular weight is 380 g/mol. The Morgan fingerprint density at radius 1 is 1.20 bits per heavy atom. The van der Waals surface area contributed by atoms with E-state index in [-0.39, 0.29) is 11.9 Å². The molecular formula is C17H18ClN3O3S. The van der Waals surface area contributed by atoms with E-state index in [1.807, 2.05) is 11.0 Å². The largest absolute Gasteiger partial charge is 0.462 e. The number of rotatable bonds is 4. The molecule has 2 aromatic rings. The number of thiophene rings is 1. The van der Waals surface area contributed by atoms with E-state index in [0.717, 1.165) is 5.82 Å². The van der Waals surface area contributed by atoms with Crippen molar-refractivity contribution in [3.05, 3.63) is 45.2 Å². The molecule has 0 atom stereocenters. The fourth-order valence-corrected chi connectivity index (χ4v) is 3.64. The van der Waals surface area contributed by atoms with Crippen LogP contribution in [0.1, 0.15) is 27.0 Å². The normalized spacial score (nSPS) is 14.5. The number of nitrogens with zero attached hydrogens (tertiary/aromatic N) is 3. The van der Waals surface area contributed by atoms with Gasteiger partial charge in [-0.2, -0.15) is 0 Å². The maximum Gasteiger partial charge on any atom is 0.339 e. The van der Waals surface area contributed by atoms with Gasteiger partial charge in [0.15, 0.2) is 0 Å². The fraction of sp³-hybridized carbons (Fsp3) is 0.353. The van der Waals surface area contributed by atoms with E-state index in [2.05, 4.69) is 9.88 Å². The highest BCUT2D eigenvalue weighted by atomic mass is 35.5. The quantitative estimate of drug-likeness (QED) is 0.764. The molecule has 0 aliphatic carbocycles. The molecule has 0 aromatic carbocycles. The molecule has 132 valence electrons. The van der Waals surface area contributed by atoms with Crippen LogP contribution in [0, 0.1) is 0 Å². The molecule has 1 fully saturated rings. The van der Waals surface area contributed by atoms with Crippen LogP contribution in [0.3, 0.4) is 0 Å². The van der Waals surface area contributed by atoms with Crippen molar-refractivity contribution in [2.75, 3.05) is 37.7 Å². The van der Waals surface area contributed by atoms with E-state index < -0.39 is 0 Å². The topological polar surface area (TPSA) is 62.7 Å². The summed E-state index contributed by atoms with van der Waals surface area (Å²) in [5.74, 6) is 0.438. The van der Waals surface area contributed by atoms with Gasteiger partial charge in [-0.1, -0.05) is 11.6 Å².